The fourth-order valence-electron chi connectivity index (χ4n) is 2.67. The molecule has 0 saturated carbocycles. The molecule has 1 aliphatic heterocycles. The Morgan fingerprint density at radius 1 is 1.35 bits per heavy atom. The number of benzene rings is 1. The SMILES string of the molecule is O=C(CCn1c(-c2cccs2)n[nH]c1=S)NCc1ccc2c(c1)OCO2. The number of hydrogen-bond donors (Lipinski definition) is 2. The smallest absolute Gasteiger partial charge is 0.231 e. The van der Waals surface area contributed by atoms with E-state index in [4.69, 9.17) is 21.7 Å². The lowest BCUT2D eigenvalue weighted by Crippen LogP contribution is -2.24. The molecule has 0 atom stereocenters. The molecule has 0 unspecified atom stereocenters. The maximum atomic E-state index is 12.2. The zero-order valence-electron chi connectivity index (χ0n) is 13.7. The minimum Gasteiger partial charge on any atom is -0.454 e. The summed E-state index contributed by atoms with van der Waals surface area (Å²) in [5.41, 5.74) is 0.960. The first-order valence-electron chi connectivity index (χ1n) is 8.05. The molecule has 0 fully saturated rings. The Labute approximate surface area is 158 Å². The number of nitrogens with zero attached hydrogens (tertiary/aromatic N) is 2. The zero-order valence-corrected chi connectivity index (χ0v) is 15.4. The number of ether oxygens (including phenoxy) is 2. The second-order valence-electron chi connectivity index (χ2n) is 5.70. The van der Waals surface area contributed by atoms with Crippen LogP contribution in [0.3, 0.4) is 0 Å². The maximum absolute atomic E-state index is 12.2. The van der Waals surface area contributed by atoms with Gasteiger partial charge in [0.2, 0.25) is 12.7 Å². The second-order valence-corrected chi connectivity index (χ2v) is 7.03. The molecule has 4 rings (SSSR count). The summed E-state index contributed by atoms with van der Waals surface area (Å²) in [6, 6.07) is 9.58. The highest BCUT2D eigenvalue weighted by atomic mass is 32.1. The van der Waals surface area contributed by atoms with Crippen LogP contribution in [0.5, 0.6) is 11.5 Å². The molecular weight excluding hydrogens is 372 g/mol. The predicted molar refractivity (Wildman–Crippen MR) is 99.8 cm³/mol. The molecule has 26 heavy (non-hydrogen) atoms. The number of nitrogens with one attached hydrogen (secondary N) is 2. The van der Waals surface area contributed by atoms with Crippen molar-refractivity contribution in [2.45, 2.75) is 19.5 Å². The number of H-pyrrole nitrogens is 1. The van der Waals surface area contributed by atoms with Crippen LogP contribution in [0, 0.1) is 4.77 Å². The zero-order chi connectivity index (χ0) is 17.9. The number of aromatic nitrogens is 3. The number of hydrogen-bond acceptors (Lipinski definition) is 6. The Morgan fingerprint density at radius 3 is 3.08 bits per heavy atom. The summed E-state index contributed by atoms with van der Waals surface area (Å²) in [4.78, 5) is 13.2. The van der Waals surface area contributed by atoms with E-state index >= 15 is 0 Å². The van der Waals surface area contributed by atoms with Crippen LogP contribution in [0.25, 0.3) is 10.7 Å². The molecule has 0 saturated heterocycles. The summed E-state index contributed by atoms with van der Waals surface area (Å²) in [6.45, 7) is 1.14. The van der Waals surface area contributed by atoms with E-state index in [0.29, 0.717) is 30.0 Å². The van der Waals surface area contributed by atoms with Crippen molar-refractivity contribution in [3.8, 4) is 22.2 Å². The summed E-state index contributed by atoms with van der Waals surface area (Å²) in [5.74, 6) is 2.15. The van der Waals surface area contributed by atoms with E-state index in [-0.39, 0.29) is 12.7 Å². The van der Waals surface area contributed by atoms with Gasteiger partial charge < -0.3 is 14.8 Å². The van der Waals surface area contributed by atoms with Crippen molar-refractivity contribution in [1.29, 1.82) is 0 Å². The fourth-order valence-corrected chi connectivity index (χ4v) is 3.62. The quantitative estimate of drug-likeness (QED) is 0.634. The van der Waals surface area contributed by atoms with Gasteiger partial charge in [0.1, 0.15) is 0 Å². The molecule has 134 valence electrons. The van der Waals surface area contributed by atoms with Gasteiger partial charge in [0.15, 0.2) is 22.1 Å². The van der Waals surface area contributed by atoms with Crippen molar-refractivity contribution < 1.29 is 14.3 Å². The molecular formula is C17H16N4O3S2. The summed E-state index contributed by atoms with van der Waals surface area (Å²) in [7, 11) is 0. The molecule has 1 aliphatic rings. The standard InChI is InChI=1S/C17H16N4O3S2/c22-15(18-9-11-3-4-12-13(8-11)24-10-23-12)5-6-21-16(19-20-17(21)25)14-2-1-7-26-14/h1-4,7-8H,5-6,9-10H2,(H,18,22)(H,20,25). The molecule has 1 aromatic carbocycles. The van der Waals surface area contributed by atoms with Gasteiger partial charge in [0.25, 0.3) is 0 Å². The van der Waals surface area contributed by atoms with Crippen LogP contribution in [-0.2, 0) is 17.9 Å². The van der Waals surface area contributed by atoms with E-state index in [0.717, 1.165) is 22.0 Å². The normalized spacial score (nSPS) is 12.3. The summed E-state index contributed by atoms with van der Waals surface area (Å²) < 4.78 is 13.0. The lowest BCUT2D eigenvalue weighted by atomic mass is 10.2. The number of carbonyl (C=O) groups is 1. The van der Waals surface area contributed by atoms with Crippen LogP contribution in [0.15, 0.2) is 35.7 Å². The van der Waals surface area contributed by atoms with E-state index in [2.05, 4.69) is 15.5 Å². The Kier molecular flexibility index (Phi) is 4.72. The first-order chi connectivity index (χ1) is 12.7. The molecule has 2 aromatic heterocycles. The minimum atomic E-state index is -0.0529. The minimum absolute atomic E-state index is 0.0529. The molecule has 1 amide bonds. The predicted octanol–water partition coefficient (Wildman–Crippen LogP) is 3.10. The number of carbonyl (C=O) groups excluding carboxylic acids is 1. The van der Waals surface area contributed by atoms with E-state index in [1.807, 2.05) is 40.3 Å². The number of amides is 1. The van der Waals surface area contributed by atoms with Gasteiger partial charge >= 0.3 is 0 Å². The highest BCUT2D eigenvalue weighted by Gasteiger charge is 2.14. The topological polar surface area (TPSA) is 81.2 Å². The van der Waals surface area contributed by atoms with Gasteiger partial charge in [0.05, 0.1) is 4.88 Å². The van der Waals surface area contributed by atoms with Crippen molar-refractivity contribution in [3.05, 3.63) is 46.0 Å². The molecule has 3 aromatic rings. The fraction of sp³-hybridized carbons (Fsp3) is 0.235. The van der Waals surface area contributed by atoms with Gasteiger partial charge in [-0.05, 0) is 41.4 Å². The number of rotatable bonds is 6. The van der Waals surface area contributed by atoms with E-state index in [1.165, 1.54) is 0 Å². The Bertz CT molecular complexity index is 978. The van der Waals surface area contributed by atoms with Crippen molar-refractivity contribution in [3.63, 3.8) is 0 Å². The number of fused-ring (bicyclic) bond motifs is 1. The van der Waals surface area contributed by atoms with Crippen LogP contribution >= 0.6 is 23.6 Å². The summed E-state index contributed by atoms with van der Waals surface area (Å²) in [5, 5.41) is 12.0. The average Bonchev–Trinajstić information content (AvgIpc) is 3.38. The van der Waals surface area contributed by atoms with Crippen LogP contribution in [-0.4, -0.2) is 27.5 Å². The second kappa shape index (κ2) is 7.30. The van der Waals surface area contributed by atoms with E-state index in [1.54, 1.807) is 11.3 Å². The molecule has 3 heterocycles. The van der Waals surface area contributed by atoms with Crippen LogP contribution in [0.2, 0.25) is 0 Å². The Morgan fingerprint density at radius 2 is 2.23 bits per heavy atom. The molecule has 2 N–H and O–H groups in total. The van der Waals surface area contributed by atoms with Crippen molar-refractivity contribution >= 4 is 29.5 Å². The molecule has 0 radical (unpaired) electrons. The van der Waals surface area contributed by atoms with E-state index in [9.17, 15) is 4.79 Å². The Balaban J connectivity index is 1.35. The van der Waals surface area contributed by atoms with Gasteiger partial charge in [-0.2, -0.15) is 5.10 Å². The van der Waals surface area contributed by atoms with Crippen LogP contribution in [0.1, 0.15) is 12.0 Å². The third kappa shape index (κ3) is 3.49. The highest BCUT2D eigenvalue weighted by Crippen LogP contribution is 2.32. The van der Waals surface area contributed by atoms with Crippen LogP contribution < -0.4 is 14.8 Å². The maximum Gasteiger partial charge on any atom is 0.231 e. The third-order valence-electron chi connectivity index (χ3n) is 3.99. The molecule has 0 aliphatic carbocycles. The first-order valence-corrected chi connectivity index (χ1v) is 9.34. The molecule has 7 nitrogen and oxygen atoms in total. The van der Waals surface area contributed by atoms with Crippen molar-refractivity contribution in [2.24, 2.45) is 0 Å². The molecule has 9 heteroatoms. The first kappa shape index (κ1) is 16.8. The lowest BCUT2D eigenvalue weighted by molar-refractivity contribution is -0.121. The largest absolute Gasteiger partial charge is 0.454 e. The average molecular weight is 388 g/mol. The number of aromatic amines is 1. The summed E-state index contributed by atoms with van der Waals surface area (Å²) in [6.07, 6.45) is 0.316. The summed E-state index contributed by atoms with van der Waals surface area (Å²) >= 11 is 6.86. The third-order valence-corrected chi connectivity index (χ3v) is 5.17. The Hall–Kier alpha value is -2.65. The van der Waals surface area contributed by atoms with Gasteiger partial charge in [0, 0.05) is 19.5 Å². The monoisotopic (exact) mass is 388 g/mol. The highest BCUT2D eigenvalue weighted by molar-refractivity contribution is 7.71. The van der Waals surface area contributed by atoms with Gasteiger partial charge in [-0.3, -0.25) is 14.5 Å². The molecule has 0 bridgehead atoms. The number of thiophene rings is 1. The molecule has 0 spiro atoms. The van der Waals surface area contributed by atoms with Gasteiger partial charge in [-0.15, -0.1) is 11.3 Å². The lowest BCUT2D eigenvalue weighted by Gasteiger charge is -2.08. The van der Waals surface area contributed by atoms with E-state index < -0.39 is 0 Å². The van der Waals surface area contributed by atoms with Crippen molar-refractivity contribution in [1.82, 2.24) is 20.1 Å². The van der Waals surface area contributed by atoms with Gasteiger partial charge in [-0.25, -0.2) is 0 Å². The van der Waals surface area contributed by atoms with Crippen LogP contribution in [0.4, 0.5) is 0 Å². The van der Waals surface area contributed by atoms with Crippen molar-refractivity contribution in [2.75, 3.05) is 6.79 Å². The van der Waals surface area contributed by atoms with Gasteiger partial charge in [-0.1, -0.05) is 12.1 Å².